The third-order valence-corrected chi connectivity index (χ3v) is 7.37. The number of hydrogen-bond acceptors (Lipinski definition) is 6. The zero-order valence-electron chi connectivity index (χ0n) is 22.9. The number of Topliss-reactive ketones (excluding diaryl/α,β-unsaturated/α-hetero) is 2. The van der Waals surface area contributed by atoms with Crippen molar-refractivity contribution in [2.45, 2.75) is 45.7 Å². The number of benzene rings is 2. The second-order valence-electron chi connectivity index (χ2n) is 10.6. The average molecular weight is 562 g/mol. The minimum Gasteiger partial charge on any atom is -0.420 e. The van der Waals surface area contributed by atoms with Gasteiger partial charge in [0.05, 0.1) is 5.69 Å². The number of pyridine rings is 1. The summed E-state index contributed by atoms with van der Waals surface area (Å²) in [5.41, 5.74) is 3.17. The number of carbonyl (C=O) groups is 2. The molecule has 2 aromatic heterocycles. The SMILES string of the molecule is Cc1ccccc1CC(=O)c1ccc(-c2ccc(CC(=O)c3oc(N4CCCC(C)C4)nc3C(F)(F)F)cn2)cc1. The fourth-order valence-electron chi connectivity index (χ4n) is 5.06. The van der Waals surface area contributed by atoms with Gasteiger partial charge in [0.2, 0.25) is 11.5 Å². The van der Waals surface area contributed by atoms with E-state index in [1.165, 1.54) is 6.20 Å². The van der Waals surface area contributed by atoms with Gasteiger partial charge in [-0.15, -0.1) is 0 Å². The average Bonchev–Trinajstić information content (AvgIpc) is 3.42. The molecule has 0 spiro atoms. The normalized spacial score (nSPS) is 15.6. The molecule has 1 aliphatic rings. The molecule has 0 radical (unpaired) electrons. The molecule has 1 saturated heterocycles. The predicted octanol–water partition coefficient (Wildman–Crippen LogP) is 7.15. The van der Waals surface area contributed by atoms with Crippen LogP contribution in [-0.2, 0) is 19.0 Å². The number of nitrogens with zero attached hydrogens (tertiary/aromatic N) is 3. The zero-order valence-corrected chi connectivity index (χ0v) is 22.9. The molecule has 0 saturated carbocycles. The van der Waals surface area contributed by atoms with Crippen LogP contribution in [0.5, 0.6) is 0 Å². The summed E-state index contributed by atoms with van der Waals surface area (Å²) in [6, 6.07) is 18.0. The van der Waals surface area contributed by atoms with Crippen LogP contribution in [0.3, 0.4) is 0 Å². The number of halogens is 3. The van der Waals surface area contributed by atoms with Crippen LogP contribution in [0.2, 0.25) is 0 Å². The quantitative estimate of drug-likeness (QED) is 0.213. The van der Waals surface area contributed by atoms with E-state index < -0.39 is 23.4 Å². The second-order valence-corrected chi connectivity index (χ2v) is 10.6. The van der Waals surface area contributed by atoms with Crippen molar-refractivity contribution in [3.05, 3.63) is 101 Å². The molecule has 212 valence electrons. The van der Waals surface area contributed by atoms with Crippen LogP contribution in [0.15, 0.2) is 71.3 Å². The number of rotatable bonds is 8. The summed E-state index contributed by atoms with van der Waals surface area (Å²) < 4.78 is 46.6. The van der Waals surface area contributed by atoms with E-state index in [4.69, 9.17) is 4.42 Å². The maximum Gasteiger partial charge on any atom is 0.437 e. The van der Waals surface area contributed by atoms with Gasteiger partial charge in [-0.2, -0.15) is 18.2 Å². The van der Waals surface area contributed by atoms with Crippen LogP contribution in [0, 0.1) is 12.8 Å². The summed E-state index contributed by atoms with van der Waals surface area (Å²) in [4.78, 5) is 35.4. The number of oxazole rings is 1. The number of aryl methyl sites for hydroxylation is 1. The highest BCUT2D eigenvalue weighted by molar-refractivity contribution is 5.98. The number of hydrogen-bond donors (Lipinski definition) is 0. The van der Waals surface area contributed by atoms with E-state index in [1.807, 2.05) is 38.1 Å². The van der Waals surface area contributed by atoms with Crippen molar-refractivity contribution < 1.29 is 27.2 Å². The van der Waals surface area contributed by atoms with Gasteiger partial charge in [0.25, 0.3) is 6.01 Å². The van der Waals surface area contributed by atoms with E-state index in [-0.39, 0.29) is 18.2 Å². The number of piperidine rings is 1. The first-order chi connectivity index (χ1) is 19.6. The van der Waals surface area contributed by atoms with Crippen LogP contribution in [0.25, 0.3) is 11.3 Å². The third-order valence-electron chi connectivity index (χ3n) is 7.37. The molecule has 1 atom stereocenters. The molecular weight excluding hydrogens is 531 g/mol. The summed E-state index contributed by atoms with van der Waals surface area (Å²) >= 11 is 0. The van der Waals surface area contributed by atoms with Crippen LogP contribution >= 0.6 is 0 Å². The molecule has 0 amide bonds. The summed E-state index contributed by atoms with van der Waals surface area (Å²) in [5, 5.41) is 0. The van der Waals surface area contributed by atoms with E-state index >= 15 is 0 Å². The van der Waals surface area contributed by atoms with Crippen molar-refractivity contribution in [1.82, 2.24) is 9.97 Å². The Labute approximate surface area is 236 Å². The Kier molecular flexibility index (Phi) is 8.06. The molecule has 0 N–H and O–H groups in total. The standard InChI is InChI=1S/C32H30F3N3O3/c1-20-6-5-15-38(19-20)31-37-30(32(33,34)35)29(41-31)28(40)16-22-9-14-26(36-18-22)23-10-12-24(13-11-23)27(39)17-25-8-4-3-7-21(25)2/h3-4,7-14,18,20H,5-6,15-17,19H2,1-2H3. The predicted molar refractivity (Wildman–Crippen MR) is 149 cm³/mol. The summed E-state index contributed by atoms with van der Waals surface area (Å²) in [6.07, 6.45) is -1.56. The maximum atomic E-state index is 13.7. The van der Waals surface area contributed by atoms with E-state index in [9.17, 15) is 22.8 Å². The summed E-state index contributed by atoms with van der Waals surface area (Å²) in [6.45, 7) is 5.05. The molecule has 4 aromatic rings. The van der Waals surface area contributed by atoms with E-state index in [0.29, 0.717) is 42.2 Å². The van der Waals surface area contributed by atoms with E-state index in [2.05, 4.69) is 9.97 Å². The van der Waals surface area contributed by atoms with Gasteiger partial charge in [-0.25, -0.2) is 0 Å². The Hall–Kier alpha value is -4.27. The summed E-state index contributed by atoms with van der Waals surface area (Å²) in [7, 11) is 0. The van der Waals surface area contributed by atoms with Crippen LogP contribution in [0.4, 0.5) is 19.2 Å². The van der Waals surface area contributed by atoms with Gasteiger partial charge in [0, 0.05) is 43.3 Å². The molecule has 1 unspecified atom stereocenters. The first kappa shape index (κ1) is 28.3. The summed E-state index contributed by atoms with van der Waals surface area (Å²) in [5.74, 6) is -1.28. The topological polar surface area (TPSA) is 76.3 Å². The first-order valence-electron chi connectivity index (χ1n) is 13.6. The van der Waals surface area contributed by atoms with Crippen molar-refractivity contribution in [3.8, 4) is 11.3 Å². The van der Waals surface area contributed by atoms with Gasteiger partial charge < -0.3 is 9.32 Å². The van der Waals surface area contributed by atoms with Crippen molar-refractivity contribution in [1.29, 1.82) is 0 Å². The van der Waals surface area contributed by atoms with Crippen molar-refractivity contribution in [2.24, 2.45) is 5.92 Å². The van der Waals surface area contributed by atoms with Crippen molar-refractivity contribution in [2.75, 3.05) is 18.0 Å². The van der Waals surface area contributed by atoms with Gasteiger partial charge >= 0.3 is 6.18 Å². The fourth-order valence-corrected chi connectivity index (χ4v) is 5.06. The van der Waals surface area contributed by atoms with Gasteiger partial charge in [-0.3, -0.25) is 14.6 Å². The zero-order chi connectivity index (χ0) is 29.1. The molecule has 1 fully saturated rings. The highest BCUT2D eigenvalue weighted by Gasteiger charge is 2.42. The van der Waals surface area contributed by atoms with Gasteiger partial charge in [-0.05, 0) is 48.4 Å². The molecule has 1 aliphatic heterocycles. The molecule has 3 heterocycles. The lowest BCUT2D eigenvalue weighted by Gasteiger charge is -2.29. The lowest BCUT2D eigenvalue weighted by atomic mass is 9.98. The Morgan fingerprint density at radius 2 is 1.76 bits per heavy atom. The molecule has 0 aliphatic carbocycles. The number of carbonyl (C=O) groups excluding carboxylic acids is 2. The van der Waals surface area contributed by atoms with Crippen LogP contribution in [0.1, 0.15) is 63.1 Å². The Balaban J connectivity index is 1.27. The van der Waals surface area contributed by atoms with Gasteiger partial charge in [-0.1, -0.05) is 61.5 Å². The molecule has 5 rings (SSSR count). The monoisotopic (exact) mass is 561 g/mol. The number of ketones is 2. The molecule has 0 bridgehead atoms. The highest BCUT2D eigenvalue weighted by Crippen LogP contribution is 2.35. The Bertz CT molecular complexity index is 1540. The molecule has 41 heavy (non-hydrogen) atoms. The van der Waals surface area contributed by atoms with Crippen molar-refractivity contribution in [3.63, 3.8) is 0 Å². The highest BCUT2D eigenvalue weighted by atomic mass is 19.4. The lowest BCUT2D eigenvalue weighted by molar-refractivity contribution is -0.141. The van der Waals surface area contributed by atoms with Gasteiger partial charge in [0.1, 0.15) is 0 Å². The lowest BCUT2D eigenvalue weighted by Crippen LogP contribution is -2.34. The van der Waals surface area contributed by atoms with E-state index in [0.717, 1.165) is 29.5 Å². The molecular formula is C32H30F3N3O3. The maximum absolute atomic E-state index is 13.7. The van der Waals surface area contributed by atoms with Crippen LogP contribution < -0.4 is 4.90 Å². The Morgan fingerprint density at radius 3 is 2.41 bits per heavy atom. The Morgan fingerprint density at radius 1 is 1.00 bits per heavy atom. The minimum atomic E-state index is -4.82. The van der Waals surface area contributed by atoms with E-state index in [1.54, 1.807) is 41.3 Å². The molecule has 6 nitrogen and oxygen atoms in total. The smallest absolute Gasteiger partial charge is 0.420 e. The van der Waals surface area contributed by atoms with Crippen LogP contribution in [-0.4, -0.2) is 34.6 Å². The fraction of sp³-hybridized carbons (Fsp3) is 0.312. The molecule has 9 heteroatoms. The first-order valence-corrected chi connectivity index (χ1v) is 13.6. The number of aromatic nitrogens is 2. The largest absolute Gasteiger partial charge is 0.437 e. The second kappa shape index (κ2) is 11.7. The minimum absolute atomic E-state index is 0.0104. The number of anilines is 1. The number of alkyl halides is 3. The molecule has 2 aromatic carbocycles. The van der Waals surface area contributed by atoms with Gasteiger partial charge in [0.15, 0.2) is 11.5 Å². The third kappa shape index (κ3) is 6.56. The van der Waals surface area contributed by atoms with Crippen molar-refractivity contribution >= 4 is 17.6 Å².